The predicted molar refractivity (Wildman–Crippen MR) is 120 cm³/mol. The Morgan fingerprint density at radius 2 is 1.90 bits per heavy atom. The Kier molecular flexibility index (Phi) is 6.27. The summed E-state index contributed by atoms with van der Waals surface area (Å²) in [6.07, 6.45) is 0.487. The van der Waals surface area contributed by atoms with Crippen molar-refractivity contribution in [2.24, 2.45) is 0 Å². The Morgan fingerprint density at radius 3 is 2.62 bits per heavy atom. The highest BCUT2D eigenvalue weighted by atomic mass is 35.5. The quantitative estimate of drug-likeness (QED) is 0.500. The van der Waals surface area contributed by atoms with Gasteiger partial charge in [0.15, 0.2) is 5.13 Å². The third-order valence-electron chi connectivity index (χ3n) is 5.04. The molecule has 1 aliphatic rings. The molecule has 29 heavy (non-hydrogen) atoms. The van der Waals surface area contributed by atoms with E-state index in [9.17, 15) is 9.18 Å². The molecule has 1 aromatic heterocycles. The number of rotatable bonds is 5. The lowest BCUT2D eigenvalue weighted by Crippen LogP contribution is -2.48. The second kappa shape index (κ2) is 8.90. The van der Waals surface area contributed by atoms with Crippen molar-refractivity contribution in [3.63, 3.8) is 0 Å². The Labute approximate surface area is 182 Å². The van der Waals surface area contributed by atoms with Crippen LogP contribution in [-0.4, -0.2) is 47.7 Å². The van der Waals surface area contributed by atoms with Crippen LogP contribution in [0, 0.1) is 12.7 Å². The Bertz CT molecular complexity index is 1020. The Balaban J connectivity index is 1.29. The number of carbonyl (C=O) groups excluding carboxylic acids is 1. The van der Waals surface area contributed by atoms with Gasteiger partial charge in [-0.1, -0.05) is 22.9 Å². The molecule has 1 fully saturated rings. The number of hydrogen-bond acceptors (Lipinski definition) is 5. The summed E-state index contributed by atoms with van der Waals surface area (Å²) in [7, 11) is 0. The van der Waals surface area contributed by atoms with Gasteiger partial charge in [-0.15, -0.1) is 11.8 Å². The molecule has 0 bridgehead atoms. The monoisotopic (exact) mass is 449 g/mol. The number of benzene rings is 2. The highest BCUT2D eigenvalue weighted by molar-refractivity contribution is 7.99. The molecule has 152 valence electrons. The summed E-state index contributed by atoms with van der Waals surface area (Å²) in [5.41, 5.74) is 1.98. The number of thioether (sulfide) groups is 1. The van der Waals surface area contributed by atoms with E-state index in [4.69, 9.17) is 16.6 Å². The highest BCUT2D eigenvalue weighted by Gasteiger charge is 2.23. The maximum atomic E-state index is 12.9. The number of hydrogen-bond donors (Lipinski definition) is 0. The van der Waals surface area contributed by atoms with Crippen molar-refractivity contribution < 1.29 is 9.18 Å². The molecule has 0 unspecified atom stereocenters. The minimum absolute atomic E-state index is 0.172. The molecule has 1 aliphatic heterocycles. The zero-order valence-corrected chi connectivity index (χ0v) is 18.4. The van der Waals surface area contributed by atoms with Crippen molar-refractivity contribution in [2.45, 2.75) is 18.2 Å². The number of nitrogens with zero attached hydrogens (tertiary/aromatic N) is 3. The fourth-order valence-corrected chi connectivity index (χ4v) is 5.39. The number of piperazine rings is 1. The van der Waals surface area contributed by atoms with Gasteiger partial charge in [-0.3, -0.25) is 4.79 Å². The van der Waals surface area contributed by atoms with Crippen LogP contribution in [0.3, 0.4) is 0 Å². The average Bonchev–Trinajstić information content (AvgIpc) is 3.17. The molecule has 0 aliphatic carbocycles. The van der Waals surface area contributed by atoms with Gasteiger partial charge >= 0.3 is 0 Å². The number of thiazole rings is 1. The van der Waals surface area contributed by atoms with Crippen molar-refractivity contribution in [2.75, 3.05) is 36.8 Å². The van der Waals surface area contributed by atoms with Crippen molar-refractivity contribution in [3.8, 4) is 0 Å². The fourth-order valence-electron chi connectivity index (χ4n) is 3.32. The lowest BCUT2D eigenvalue weighted by atomic mass is 10.2. The fraction of sp³-hybridized carbons (Fsp3) is 0.333. The first-order valence-electron chi connectivity index (χ1n) is 9.48. The van der Waals surface area contributed by atoms with Gasteiger partial charge in [0.05, 0.1) is 10.2 Å². The number of aromatic nitrogens is 1. The van der Waals surface area contributed by atoms with Crippen molar-refractivity contribution >= 4 is 56.0 Å². The summed E-state index contributed by atoms with van der Waals surface area (Å²) < 4.78 is 14.1. The molecule has 3 aromatic rings. The summed E-state index contributed by atoms with van der Waals surface area (Å²) >= 11 is 9.46. The first kappa shape index (κ1) is 20.4. The number of fused-ring (bicyclic) bond motifs is 1. The molecule has 0 N–H and O–H groups in total. The van der Waals surface area contributed by atoms with E-state index < -0.39 is 0 Å². The lowest BCUT2D eigenvalue weighted by Gasteiger charge is -2.34. The van der Waals surface area contributed by atoms with Crippen LogP contribution in [0.25, 0.3) is 10.2 Å². The van der Waals surface area contributed by atoms with Crippen molar-refractivity contribution in [1.82, 2.24) is 9.88 Å². The van der Waals surface area contributed by atoms with E-state index in [1.807, 2.05) is 24.0 Å². The number of anilines is 1. The van der Waals surface area contributed by atoms with Gasteiger partial charge in [-0.2, -0.15) is 0 Å². The normalized spacial score (nSPS) is 14.6. The molecular weight excluding hydrogens is 429 g/mol. The molecule has 1 saturated heterocycles. The summed E-state index contributed by atoms with van der Waals surface area (Å²) in [5.74, 6) is 0.628. The van der Waals surface area contributed by atoms with Crippen LogP contribution >= 0.6 is 34.7 Å². The van der Waals surface area contributed by atoms with Crippen LogP contribution < -0.4 is 4.90 Å². The molecule has 1 amide bonds. The Morgan fingerprint density at radius 1 is 1.17 bits per heavy atom. The highest BCUT2D eigenvalue weighted by Crippen LogP contribution is 2.33. The first-order chi connectivity index (χ1) is 14.0. The number of aryl methyl sites for hydroxylation is 1. The van der Waals surface area contributed by atoms with E-state index >= 15 is 0 Å². The molecule has 0 atom stereocenters. The third-order valence-corrected chi connectivity index (χ3v) is 7.54. The molecule has 2 heterocycles. The number of carbonyl (C=O) groups is 1. The summed E-state index contributed by atoms with van der Waals surface area (Å²) in [6, 6.07) is 10.3. The lowest BCUT2D eigenvalue weighted by molar-refractivity contribution is -0.131. The predicted octanol–water partition coefficient (Wildman–Crippen LogP) is 5.23. The van der Waals surface area contributed by atoms with E-state index in [0.717, 1.165) is 43.9 Å². The Hall–Kier alpha value is -1.83. The molecule has 0 spiro atoms. The largest absolute Gasteiger partial charge is 0.345 e. The van der Waals surface area contributed by atoms with Gasteiger partial charge in [-0.05, 0) is 48.9 Å². The molecule has 8 heteroatoms. The second-order valence-corrected chi connectivity index (χ2v) is 9.52. The summed E-state index contributed by atoms with van der Waals surface area (Å²) in [6.45, 7) is 4.97. The number of halogens is 2. The van der Waals surface area contributed by atoms with E-state index in [0.29, 0.717) is 25.3 Å². The van der Waals surface area contributed by atoms with Gasteiger partial charge in [-0.25, -0.2) is 9.37 Å². The third kappa shape index (κ3) is 4.68. The van der Waals surface area contributed by atoms with Crippen molar-refractivity contribution in [3.05, 3.63) is 52.8 Å². The molecular formula is C21H21ClFN3OS2. The minimum Gasteiger partial charge on any atom is -0.345 e. The van der Waals surface area contributed by atoms with Gasteiger partial charge in [0.2, 0.25) is 5.91 Å². The van der Waals surface area contributed by atoms with Crippen LogP contribution in [0.2, 0.25) is 5.02 Å². The second-order valence-electron chi connectivity index (χ2n) is 6.94. The molecule has 4 nitrogen and oxygen atoms in total. The van der Waals surface area contributed by atoms with Crippen LogP contribution in [0.4, 0.5) is 9.52 Å². The maximum absolute atomic E-state index is 12.9. The first-order valence-corrected chi connectivity index (χ1v) is 11.7. The topological polar surface area (TPSA) is 36.4 Å². The standard InChI is InChI=1S/C21H21ClFN3OS2/c1-14-17(22)6-7-18-20(14)24-21(29-18)26-11-9-25(10-12-26)19(27)8-13-28-16-4-2-15(23)3-5-16/h2-7H,8-13H2,1H3. The summed E-state index contributed by atoms with van der Waals surface area (Å²) in [5, 5.41) is 1.73. The van der Waals surface area contributed by atoms with E-state index in [-0.39, 0.29) is 11.7 Å². The van der Waals surface area contributed by atoms with Gasteiger partial charge in [0.1, 0.15) is 5.82 Å². The average molecular weight is 450 g/mol. The van der Waals surface area contributed by atoms with Crippen LogP contribution in [-0.2, 0) is 4.79 Å². The smallest absolute Gasteiger partial charge is 0.223 e. The van der Waals surface area contributed by atoms with Crippen molar-refractivity contribution in [1.29, 1.82) is 0 Å². The minimum atomic E-state index is -0.241. The SMILES string of the molecule is Cc1c(Cl)ccc2sc(N3CCN(C(=O)CCSc4ccc(F)cc4)CC3)nc12. The molecule has 0 saturated carbocycles. The van der Waals surface area contributed by atoms with E-state index in [2.05, 4.69) is 4.90 Å². The van der Waals surface area contributed by atoms with Gasteiger partial charge < -0.3 is 9.80 Å². The maximum Gasteiger partial charge on any atom is 0.223 e. The summed E-state index contributed by atoms with van der Waals surface area (Å²) in [4.78, 5) is 22.5. The zero-order chi connectivity index (χ0) is 20.4. The zero-order valence-electron chi connectivity index (χ0n) is 16.0. The molecule has 4 rings (SSSR count). The van der Waals surface area contributed by atoms with E-state index in [1.165, 1.54) is 12.1 Å². The van der Waals surface area contributed by atoms with Crippen LogP contribution in [0.5, 0.6) is 0 Å². The molecule has 0 radical (unpaired) electrons. The van der Waals surface area contributed by atoms with Crippen LogP contribution in [0.1, 0.15) is 12.0 Å². The number of amides is 1. The van der Waals surface area contributed by atoms with Gasteiger partial charge in [0.25, 0.3) is 0 Å². The van der Waals surface area contributed by atoms with Crippen LogP contribution in [0.15, 0.2) is 41.3 Å². The van der Waals surface area contributed by atoms with Gasteiger partial charge in [0, 0.05) is 48.3 Å². The van der Waals surface area contributed by atoms with E-state index in [1.54, 1.807) is 35.2 Å². The molecule has 2 aromatic carbocycles.